The largest absolute Gasteiger partial charge is 0.493 e. The molecule has 2 unspecified atom stereocenters. The summed E-state index contributed by atoms with van der Waals surface area (Å²) in [4.78, 5) is 0. The van der Waals surface area contributed by atoms with Gasteiger partial charge < -0.3 is 10.1 Å². The first-order valence-electron chi connectivity index (χ1n) is 7.90. The summed E-state index contributed by atoms with van der Waals surface area (Å²) in [6.45, 7) is 13.4. The summed E-state index contributed by atoms with van der Waals surface area (Å²) in [6, 6.07) is 7.12. The Labute approximate surface area is 123 Å². The van der Waals surface area contributed by atoms with E-state index in [0.29, 0.717) is 17.4 Å². The third-order valence-electron chi connectivity index (χ3n) is 4.67. The van der Waals surface area contributed by atoms with Crippen LogP contribution < -0.4 is 10.1 Å². The highest BCUT2D eigenvalue weighted by Gasteiger charge is 2.21. The van der Waals surface area contributed by atoms with Crippen LogP contribution in [-0.2, 0) is 6.42 Å². The summed E-state index contributed by atoms with van der Waals surface area (Å²) in [5.41, 5.74) is 3.13. The van der Waals surface area contributed by atoms with E-state index >= 15 is 0 Å². The zero-order valence-corrected chi connectivity index (χ0v) is 13.6. The topological polar surface area (TPSA) is 21.3 Å². The minimum absolute atomic E-state index is 0.358. The molecule has 1 aromatic rings. The first kappa shape index (κ1) is 15.4. The molecule has 1 aliphatic rings. The summed E-state index contributed by atoms with van der Waals surface area (Å²) in [5.74, 6) is 1.74. The van der Waals surface area contributed by atoms with Crippen LogP contribution in [0.15, 0.2) is 18.2 Å². The van der Waals surface area contributed by atoms with Crippen molar-refractivity contribution in [2.75, 3.05) is 13.2 Å². The maximum absolute atomic E-state index is 5.59. The quantitative estimate of drug-likeness (QED) is 0.863. The van der Waals surface area contributed by atoms with Gasteiger partial charge >= 0.3 is 0 Å². The minimum atomic E-state index is 0.358. The van der Waals surface area contributed by atoms with Gasteiger partial charge in [-0.05, 0) is 41.5 Å². The number of nitrogens with one attached hydrogen (secondary N) is 1. The molecule has 0 radical (unpaired) electrons. The Hall–Kier alpha value is -1.02. The highest BCUT2D eigenvalue weighted by molar-refractivity contribution is 5.40. The lowest BCUT2D eigenvalue weighted by molar-refractivity contribution is 0.244. The Balaban J connectivity index is 2.01. The lowest BCUT2D eigenvalue weighted by Crippen LogP contribution is -2.32. The molecule has 2 heteroatoms. The molecule has 2 atom stereocenters. The second-order valence-corrected chi connectivity index (χ2v) is 7.10. The summed E-state index contributed by atoms with van der Waals surface area (Å²) < 4.78 is 5.59. The maximum atomic E-state index is 5.59. The first-order chi connectivity index (χ1) is 9.41. The Kier molecular flexibility index (Phi) is 4.74. The number of hydrogen-bond donors (Lipinski definition) is 1. The second kappa shape index (κ2) is 6.17. The minimum Gasteiger partial charge on any atom is -0.493 e. The number of rotatable bonds is 5. The van der Waals surface area contributed by atoms with Crippen molar-refractivity contribution >= 4 is 0 Å². The predicted molar refractivity (Wildman–Crippen MR) is 85.3 cm³/mol. The zero-order valence-electron chi connectivity index (χ0n) is 13.6. The van der Waals surface area contributed by atoms with Gasteiger partial charge in [-0.3, -0.25) is 0 Å². The molecule has 0 saturated heterocycles. The normalized spacial score (nSPS) is 17.4. The van der Waals surface area contributed by atoms with Gasteiger partial charge in [0.25, 0.3) is 0 Å². The van der Waals surface area contributed by atoms with Gasteiger partial charge in [-0.1, -0.05) is 46.8 Å². The van der Waals surface area contributed by atoms with Gasteiger partial charge in [0.05, 0.1) is 6.61 Å². The molecule has 0 aliphatic carbocycles. The Morgan fingerprint density at radius 2 is 2.05 bits per heavy atom. The second-order valence-electron chi connectivity index (χ2n) is 7.10. The molecule has 112 valence electrons. The van der Waals surface area contributed by atoms with Crippen molar-refractivity contribution in [1.29, 1.82) is 0 Å². The lowest BCUT2D eigenvalue weighted by Gasteiger charge is -2.29. The van der Waals surface area contributed by atoms with Gasteiger partial charge in [0, 0.05) is 12.5 Å². The number of benzene rings is 1. The van der Waals surface area contributed by atoms with Crippen LogP contribution in [0.2, 0.25) is 0 Å². The van der Waals surface area contributed by atoms with E-state index in [-0.39, 0.29) is 0 Å². The Bertz CT molecular complexity index is 447. The van der Waals surface area contributed by atoms with Crippen molar-refractivity contribution in [2.24, 2.45) is 11.3 Å². The number of ether oxygens (including phenoxy) is 1. The first-order valence-corrected chi connectivity index (χ1v) is 7.90. The summed E-state index contributed by atoms with van der Waals surface area (Å²) >= 11 is 0. The third kappa shape index (κ3) is 3.54. The Morgan fingerprint density at radius 1 is 1.30 bits per heavy atom. The molecule has 2 rings (SSSR count). The van der Waals surface area contributed by atoms with Gasteiger partial charge in [-0.25, -0.2) is 0 Å². The van der Waals surface area contributed by atoms with Crippen molar-refractivity contribution in [1.82, 2.24) is 5.32 Å². The maximum Gasteiger partial charge on any atom is 0.122 e. The van der Waals surface area contributed by atoms with E-state index in [1.165, 1.54) is 11.1 Å². The summed E-state index contributed by atoms with van der Waals surface area (Å²) in [7, 11) is 0. The highest BCUT2D eigenvalue weighted by Crippen LogP contribution is 2.30. The van der Waals surface area contributed by atoms with E-state index in [0.717, 1.165) is 31.7 Å². The molecule has 1 aliphatic heterocycles. The number of fused-ring (bicyclic) bond motifs is 1. The molecule has 2 nitrogen and oxygen atoms in total. The summed E-state index contributed by atoms with van der Waals surface area (Å²) in [6.07, 6.45) is 2.18. The molecule has 1 N–H and O–H groups in total. The predicted octanol–water partition coefficient (Wildman–Crippen LogP) is 4.34. The Morgan fingerprint density at radius 3 is 2.70 bits per heavy atom. The lowest BCUT2D eigenvalue weighted by atomic mass is 9.82. The van der Waals surface area contributed by atoms with E-state index in [1.807, 2.05) is 0 Å². The third-order valence-corrected chi connectivity index (χ3v) is 4.67. The molecular weight excluding hydrogens is 246 g/mol. The molecule has 0 fully saturated rings. The molecule has 1 aromatic carbocycles. The average Bonchev–Trinajstić information content (AvgIpc) is 2.85. The van der Waals surface area contributed by atoms with Crippen molar-refractivity contribution < 1.29 is 4.74 Å². The fourth-order valence-corrected chi connectivity index (χ4v) is 2.55. The van der Waals surface area contributed by atoms with E-state index in [2.05, 4.69) is 58.1 Å². The van der Waals surface area contributed by atoms with Crippen LogP contribution in [0.3, 0.4) is 0 Å². The van der Waals surface area contributed by atoms with E-state index in [1.54, 1.807) is 0 Å². The van der Waals surface area contributed by atoms with E-state index in [4.69, 9.17) is 4.74 Å². The van der Waals surface area contributed by atoms with Crippen LogP contribution in [-0.4, -0.2) is 13.2 Å². The average molecular weight is 275 g/mol. The van der Waals surface area contributed by atoms with Gasteiger partial charge in [0.15, 0.2) is 0 Å². The van der Waals surface area contributed by atoms with E-state index in [9.17, 15) is 0 Å². The van der Waals surface area contributed by atoms with Crippen molar-refractivity contribution in [3.63, 3.8) is 0 Å². The van der Waals surface area contributed by atoms with Crippen molar-refractivity contribution in [3.8, 4) is 5.75 Å². The molecule has 20 heavy (non-hydrogen) atoms. The van der Waals surface area contributed by atoms with Crippen LogP contribution in [0, 0.1) is 11.3 Å². The molecule has 0 spiro atoms. The van der Waals surface area contributed by atoms with Crippen molar-refractivity contribution in [3.05, 3.63) is 29.3 Å². The smallest absolute Gasteiger partial charge is 0.122 e. The monoisotopic (exact) mass is 275 g/mol. The fourth-order valence-electron chi connectivity index (χ4n) is 2.55. The van der Waals surface area contributed by atoms with Gasteiger partial charge in [-0.2, -0.15) is 0 Å². The summed E-state index contributed by atoms with van der Waals surface area (Å²) in [5, 5.41) is 3.74. The zero-order chi connectivity index (χ0) is 14.8. The SMILES string of the molecule is CCC(NCC(C)C(C)(C)C)c1ccc2c(c1)CCO2. The van der Waals surface area contributed by atoms with Crippen molar-refractivity contribution in [2.45, 2.75) is 53.5 Å². The number of hydrogen-bond acceptors (Lipinski definition) is 2. The van der Waals surface area contributed by atoms with Gasteiger partial charge in [0.1, 0.15) is 5.75 Å². The molecule has 0 bridgehead atoms. The van der Waals surface area contributed by atoms with Gasteiger partial charge in [-0.15, -0.1) is 0 Å². The molecule has 0 saturated carbocycles. The highest BCUT2D eigenvalue weighted by atomic mass is 16.5. The van der Waals surface area contributed by atoms with Crippen LogP contribution in [0.5, 0.6) is 5.75 Å². The van der Waals surface area contributed by atoms with Crippen LogP contribution in [0.25, 0.3) is 0 Å². The fraction of sp³-hybridized carbons (Fsp3) is 0.667. The van der Waals surface area contributed by atoms with E-state index < -0.39 is 0 Å². The molecule has 0 aromatic heterocycles. The van der Waals surface area contributed by atoms with Crippen LogP contribution >= 0.6 is 0 Å². The molecule has 0 amide bonds. The van der Waals surface area contributed by atoms with Gasteiger partial charge in [0.2, 0.25) is 0 Å². The van der Waals surface area contributed by atoms with Crippen LogP contribution in [0.1, 0.15) is 58.2 Å². The van der Waals surface area contributed by atoms with Crippen LogP contribution in [0.4, 0.5) is 0 Å². The molecular formula is C18H29NO. The molecule has 1 heterocycles. The standard InChI is InChI=1S/C18H29NO/c1-6-16(19-12-13(2)18(3,4)5)14-7-8-17-15(11-14)9-10-20-17/h7-8,11,13,16,19H,6,9-10,12H2,1-5H3.